The first-order valence-corrected chi connectivity index (χ1v) is 11.3. The average Bonchev–Trinajstić information content (AvgIpc) is 2.66. The van der Waals surface area contributed by atoms with Crippen molar-refractivity contribution in [3.8, 4) is 0 Å². The maximum absolute atomic E-state index is 10.5. The van der Waals surface area contributed by atoms with Crippen LogP contribution in [0.1, 0.15) is 79.2 Å². The molecule has 2 rings (SSSR count). The number of allylic oxidation sites excluding steroid dienone is 4. The average molecular weight is 401 g/mol. The molecule has 0 aliphatic heterocycles. The van der Waals surface area contributed by atoms with Crippen molar-refractivity contribution in [2.75, 3.05) is 13.2 Å². The van der Waals surface area contributed by atoms with Crippen LogP contribution in [0.3, 0.4) is 0 Å². The van der Waals surface area contributed by atoms with Gasteiger partial charge in [0.05, 0.1) is 12.2 Å². The summed E-state index contributed by atoms with van der Waals surface area (Å²) in [5, 5.41) is 10.5. The molecule has 1 aromatic rings. The predicted molar refractivity (Wildman–Crippen MR) is 126 cm³/mol. The van der Waals surface area contributed by atoms with Crippen LogP contribution < -0.4 is 0 Å². The maximum atomic E-state index is 10.5. The Kier molecular flexibility index (Phi) is 12.2. The smallest absolute Gasteiger partial charge is 0.0653 e. The highest BCUT2D eigenvalue weighted by molar-refractivity contribution is 5.14. The minimum absolute atomic E-state index is 0.446. The first-order valence-electron chi connectivity index (χ1n) is 11.3. The monoisotopic (exact) mass is 400 g/mol. The van der Waals surface area contributed by atoms with Crippen molar-refractivity contribution < 1.29 is 9.84 Å². The van der Waals surface area contributed by atoms with Crippen LogP contribution in [0.2, 0.25) is 0 Å². The zero-order valence-corrected chi connectivity index (χ0v) is 19.7. The lowest BCUT2D eigenvalue weighted by atomic mass is 9.76. The summed E-state index contributed by atoms with van der Waals surface area (Å²) in [6, 6.07) is 10.4. The van der Waals surface area contributed by atoms with Gasteiger partial charge in [0, 0.05) is 6.61 Å². The molecule has 0 saturated heterocycles. The number of rotatable bonds is 9. The van der Waals surface area contributed by atoms with E-state index in [1.165, 1.54) is 16.7 Å². The molecule has 0 aromatic heterocycles. The SMILES string of the molecule is CC(C)=CCC[C@](C)(O)[C@H]1CC=C(C)CC1.CC(C)COCCc1ccccc1. The Hall–Kier alpha value is -1.38. The van der Waals surface area contributed by atoms with Crippen molar-refractivity contribution in [1.29, 1.82) is 0 Å². The van der Waals surface area contributed by atoms with Crippen molar-refractivity contribution in [2.24, 2.45) is 11.8 Å². The van der Waals surface area contributed by atoms with Crippen molar-refractivity contribution in [2.45, 2.75) is 85.7 Å². The molecule has 1 N–H and O–H groups in total. The molecule has 0 heterocycles. The Labute approximate surface area is 180 Å². The largest absolute Gasteiger partial charge is 0.390 e. The minimum Gasteiger partial charge on any atom is -0.390 e. The zero-order valence-electron chi connectivity index (χ0n) is 19.7. The van der Waals surface area contributed by atoms with Gasteiger partial charge in [0.15, 0.2) is 0 Å². The maximum Gasteiger partial charge on any atom is 0.0653 e. The molecule has 164 valence electrons. The molecule has 0 radical (unpaired) electrons. The summed E-state index contributed by atoms with van der Waals surface area (Å²) in [6.45, 7) is 14.5. The van der Waals surface area contributed by atoms with Gasteiger partial charge in [-0.15, -0.1) is 0 Å². The van der Waals surface area contributed by atoms with Gasteiger partial charge in [-0.05, 0) is 83.6 Å². The topological polar surface area (TPSA) is 29.5 Å². The minimum atomic E-state index is -0.497. The Morgan fingerprint density at radius 1 is 1.24 bits per heavy atom. The van der Waals surface area contributed by atoms with Crippen LogP contribution in [0.4, 0.5) is 0 Å². The second kappa shape index (κ2) is 13.8. The Balaban J connectivity index is 0.000000296. The summed E-state index contributed by atoms with van der Waals surface area (Å²) in [7, 11) is 0. The molecule has 0 amide bonds. The lowest BCUT2D eigenvalue weighted by molar-refractivity contribution is -0.0122. The van der Waals surface area contributed by atoms with Crippen LogP contribution >= 0.6 is 0 Å². The molecule has 0 saturated carbocycles. The van der Waals surface area contributed by atoms with Crippen molar-refractivity contribution in [1.82, 2.24) is 0 Å². The van der Waals surface area contributed by atoms with Crippen LogP contribution in [-0.2, 0) is 11.2 Å². The van der Waals surface area contributed by atoms with Gasteiger partial charge in [0.25, 0.3) is 0 Å². The van der Waals surface area contributed by atoms with E-state index in [0.29, 0.717) is 11.8 Å². The number of benzene rings is 1. The van der Waals surface area contributed by atoms with Crippen molar-refractivity contribution >= 4 is 0 Å². The highest BCUT2D eigenvalue weighted by atomic mass is 16.5. The molecule has 0 unspecified atom stereocenters. The number of hydrogen-bond donors (Lipinski definition) is 1. The zero-order chi connectivity index (χ0) is 21.7. The first kappa shape index (κ1) is 25.7. The number of hydrogen-bond acceptors (Lipinski definition) is 2. The molecule has 0 bridgehead atoms. The third-order valence-corrected chi connectivity index (χ3v) is 5.55. The summed E-state index contributed by atoms with van der Waals surface area (Å²) in [6.07, 6.45) is 10.8. The lowest BCUT2D eigenvalue weighted by Crippen LogP contribution is -2.35. The summed E-state index contributed by atoms with van der Waals surface area (Å²) in [5.41, 5.74) is 3.68. The van der Waals surface area contributed by atoms with Crippen molar-refractivity contribution in [3.63, 3.8) is 0 Å². The molecule has 0 fully saturated rings. The van der Waals surface area contributed by atoms with Gasteiger partial charge >= 0.3 is 0 Å². The molecule has 1 aliphatic carbocycles. The molecular formula is C27H44O2. The molecule has 1 aromatic carbocycles. The van der Waals surface area contributed by atoms with Crippen LogP contribution in [-0.4, -0.2) is 23.9 Å². The molecule has 2 atom stereocenters. The molecule has 29 heavy (non-hydrogen) atoms. The van der Waals surface area contributed by atoms with Gasteiger partial charge in [0.1, 0.15) is 0 Å². The van der Waals surface area contributed by atoms with E-state index in [9.17, 15) is 5.11 Å². The molecule has 2 nitrogen and oxygen atoms in total. The van der Waals surface area contributed by atoms with E-state index in [2.05, 4.69) is 71.0 Å². The molecule has 1 aliphatic rings. The van der Waals surface area contributed by atoms with E-state index >= 15 is 0 Å². The fourth-order valence-corrected chi connectivity index (χ4v) is 3.54. The quantitative estimate of drug-likeness (QED) is 0.353. The summed E-state index contributed by atoms with van der Waals surface area (Å²) in [4.78, 5) is 0. The highest BCUT2D eigenvalue weighted by Crippen LogP contribution is 2.34. The summed E-state index contributed by atoms with van der Waals surface area (Å²) in [5.74, 6) is 1.08. The second-order valence-electron chi connectivity index (χ2n) is 9.40. The number of ether oxygens (including phenoxy) is 1. The van der Waals surface area contributed by atoms with E-state index in [1.807, 2.05) is 13.0 Å². The Morgan fingerprint density at radius 3 is 2.48 bits per heavy atom. The van der Waals surface area contributed by atoms with Crippen LogP contribution in [0.25, 0.3) is 0 Å². The fourth-order valence-electron chi connectivity index (χ4n) is 3.54. The fraction of sp³-hybridized carbons (Fsp3) is 0.630. The van der Waals surface area contributed by atoms with Gasteiger partial charge in [-0.25, -0.2) is 0 Å². The summed E-state index contributed by atoms with van der Waals surface area (Å²) >= 11 is 0. The van der Waals surface area contributed by atoms with E-state index in [0.717, 1.165) is 51.7 Å². The van der Waals surface area contributed by atoms with E-state index in [4.69, 9.17) is 4.74 Å². The number of aliphatic hydroxyl groups is 1. The van der Waals surface area contributed by atoms with Crippen molar-refractivity contribution in [3.05, 3.63) is 59.2 Å². The van der Waals surface area contributed by atoms with E-state index in [-0.39, 0.29) is 0 Å². The van der Waals surface area contributed by atoms with Crippen LogP contribution in [0.5, 0.6) is 0 Å². The van der Waals surface area contributed by atoms with E-state index in [1.54, 1.807) is 0 Å². The second-order valence-corrected chi connectivity index (χ2v) is 9.40. The molecule has 0 spiro atoms. The lowest BCUT2D eigenvalue weighted by Gasteiger charge is -2.34. The van der Waals surface area contributed by atoms with Gasteiger partial charge in [-0.3, -0.25) is 0 Å². The molecular weight excluding hydrogens is 356 g/mol. The van der Waals surface area contributed by atoms with Gasteiger partial charge in [0.2, 0.25) is 0 Å². The standard InChI is InChI=1S/C15H26O.C12H18O/c1-12(2)6-5-11-15(4,16)14-9-7-13(3)8-10-14;1-11(2)10-13-9-8-12-6-4-3-5-7-12/h6-7,14,16H,5,8-11H2,1-4H3;3-7,11H,8-10H2,1-2H3/t14-,15-;/m0./s1. The first-order chi connectivity index (χ1) is 13.7. The molecule has 2 heteroatoms. The highest BCUT2D eigenvalue weighted by Gasteiger charge is 2.31. The van der Waals surface area contributed by atoms with Crippen LogP contribution in [0.15, 0.2) is 53.6 Å². The van der Waals surface area contributed by atoms with Gasteiger partial charge < -0.3 is 9.84 Å². The third kappa shape index (κ3) is 12.0. The van der Waals surface area contributed by atoms with Crippen LogP contribution in [0, 0.1) is 11.8 Å². The Bertz CT molecular complexity index is 607. The van der Waals surface area contributed by atoms with Gasteiger partial charge in [-0.2, -0.15) is 0 Å². The summed E-state index contributed by atoms with van der Waals surface area (Å²) < 4.78 is 5.50. The third-order valence-electron chi connectivity index (χ3n) is 5.55. The predicted octanol–water partition coefficient (Wildman–Crippen LogP) is 7.13. The van der Waals surface area contributed by atoms with E-state index < -0.39 is 5.60 Å². The Morgan fingerprint density at radius 2 is 1.93 bits per heavy atom. The normalized spacial score (nSPS) is 18.3. The van der Waals surface area contributed by atoms with Gasteiger partial charge in [-0.1, -0.05) is 67.5 Å².